The van der Waals surface area contributed by atoms with E-state index < -0.39 is 52.9 Å². The first-order valence-electron chi connectivity index (χ1n) is 14.2. The van der Waals surface area contributed by atoms with Crippen LogP contribution in [0.25, 0.3) is 0 Å². The van der Waals surface area contributed by atoms with Crippen molar-refractivity contribution in [3.05, 3.63) is 71.8 Å². The molecule has 0 aliphatic carbocycles. The highest BCUT2D eigenvalue weighted by atomic mass is 16.6. The summed E-state index contributed by atoms with van der Waals surface area (Å²) in [6.07, 6.45) is -1.95. The summed E-state index contributed by atoms with van der Waals surface area (Å²) in [5.41, 5.74) is -1.23. The standard InChI is InChI=1S/C32H49N3O6/c1-30(2,3)32(7,40)28(38)34-24(18-22-14-10-8-11-15-22)26(36)20-33-21-27(37)25(19-23-16-12-9-13-17-23)35-29(39)41-31(4,5)6/h8-17,24-27,33,36-37,40H,18-21H2,1-7H3,(H,34,38)(H,35,39). The molecule has 0 saturated heterocycles. The molecule has 0 spiro atoms. The van der Waals surface area contributed by atoms with Gasteiger partial charge in [-0.05, 0) is 57.1 Å². The lowest BCUT2D eigenvalue weighted by molar-refractivity contribution is -0.150. The number of hydrogen-bond donors (Lipinski definition) is 6. The number of carbonyl (C=O) groups excluding carboxylic acids is 2. The number of hydrogen-bond acceptors (Lipinski definition) is 7. The van der Waals surface area contributed by atoms with Gasteiger partial charge in [0.05, 0.1) is 24.3 Å². The van der Waals surface area contributed by atoms with Crippen molar-refractivity contribution in [2.75, 3.05) is 13.1 Å². The maximum atomic E-state index is 13.1. The number of nitrogens with one attached hydrogen (secondary N) is 3. The van der Waals surface area contributed by atoms with Gasteiger partial charge in [0.25, 0.3) is 5.91 Å². The predicted octanol–water partition coefficient (Wildman–Crippen LogP) is 2.96. The van der Waals surface area contributed by atoms with E-state index in [1.165, 1.54) is 6.92 Å². The Morgan fingerprint density at radius 1 is 0.732 bits per heavy atom. The number of rotatable bonds is 13. The number of alkyl carbamates (subject to hydrolysis) is 1. The molecule has 2 aromatic rings. The fourth-order valence-corrected chi connectivity index (χ4v) is 4.07. The zero-order valence-corrected chi connectivity index (χ0v) is 25.5. The van der Waals surface area contributed by atoms with Crippen LogP contribution in [-0.2, 0) is 22.4 Å². The van der Waals surface area contributed by atoms with E-state index in [-0.39, 0.29) is 13.1 Å². The van der Waals surface area contributed by atoms with E-state index in [0.29, 0.717) is 12.8 Å². The van der Waals surface area contributed by atoms with Gasteiger partial charge in [0.2, 0.25) is 0 Å². The second-order valence-electron chi connectivity index (χ2n) is 12.8. The lowest BCUT2D eigenvalue weighted by Crippen LogP contribution is -2.59. The second-order valence-corrected chi connectivity index (χ2v) is 12.8. The van der Waals surface area contributed by atoms with Crippen molar-refractivity contribution in [3.63, 3.8) is 0 Å². The Morgan fingerprint density at radius 3 is 1.54 bits per heavy atom. The molecule has 0 aliphatic heterocycles. The summed E-state index contributed by atoms with van der Waals surface area (Å²) >= 11 is 0. The molecule has 2 aromatic carbocycles. The molecule has 0 bridgehead atoms. The van der Waals surface area contributed by atoms with Crippen LogP contribution >= 0.6 is 0 Å². The Balaban J connectivity index is 2.09. The summed E-state index contributed by atoms with van der Waals surface area (Å²) in [6, 6.07) is 17.6. The summed E-state index contributed by atoms with van der Waals surface area (Å²) in [7, 11) is 0. The molecule has 2 rings (SSSR count). The molecule has 0 aromatic heterocycles. The van der Waals surface area contributed by atoms with E-state index in [9.17, 15) is 24.9 Å². The van der Waals surface area contributed by atoms with E-state index >= 15 is 0 Å². The van der Waals surface area contributed by atoms with Gasteiger partial charge in [-0.1, -0.05) is 81.4 Å². The van der Waals surface area contributed by atoms with E-state index in [2.05, 4.69) is 16.0 Å². The van der Waals surface area contributed by atoms with E-state index in [4.69, 9.17) is 4.74 Å². The molecule has 5 unspecified atom stereocenters. The third-order valence-corrected chi connectivity index (χ3v) is 7.15. The Kier molecular flexibility index (Phi) is 12.3. The van der Waals surface area contributed by atoms with Gasteiger partial charge < -0.3 is 36.0 Å². The van der Waals surface area contributed by atoms with Crippen LogP contribution in [0.5, 0.6) is 0 Å². The fourth-order valence-electron chi connectivity index (χ4n) is 4.07. The van der Waals surface area contributed by atoms with Gasteiger partial charge in [-0.15, -0.1) is 0 Å². The molecule has 2 amide bonds. The minimum absolute atomic E-state index is 0.0526. The van der Waals surface area contributed by atoms with E-state index in [0.717, 1.165) is 11.1 Å². The molecule has 9 nitrogen and oxygen atoms in total. The molecular formula is C32H49N3O6. The first-order chi connectivity index (χ1) is 19.0. The van der Waals surface area contributed by atoms with Crippen molar-refractivity contribution >= 4 is 12.0 Å². The largest absolute Gasteiger partial charge is 0.444 e. The molecule has 0 saturated carbocycles. The van der Waals surface area contributed by atoms with Crippen LogP contribution in [-0.4, -0.2) is 75.9 Å². The topological polar surface area (TPSA) is 140 Å². The summed E-state index contributed by atoms with van der Waals surface area (Å²) in [4.78, 5) is 25.6. The average Bonchev–Trinajstić information content (AvgIpc) is 2.87. The molecule has 41 heavy (non-hydrogen) atoms. The fraction of sp³-hybridized carbons (Fsp3) is 0.562. The van der Waals surface area contributed by atoms with Gasteiger partial charge >= 0.3 is 6.09 Å². The first-order valence-corrected chi connectivity index (χ1v) is 14.2. The molecular weight excluding hydrogens is 522 g/mol. The highest BCUT2D eigenvalue weighted by Gasteiger charge is 2.43. The van der Waals surface area contributed by atoms with Crippen molar-refractivity contribution in [2.45, 2.75) is 96.8 Å². The van der Waals surface area contributed by atoms with Gasteiger partial charge in [-0.2, -0.15) is 0 Å². The zero-order valence-electron chi connectivity index (χ0n) is 25.5. The van der Waals surface area contributed by atoms with Crippen molar-refractivity contribution in [2.24, 2.45) is 5.41 Å². The number of amides is 2. The molecule has 228 valence electrons. The van der Waals surface area contributed by atoms with Crippen LogP contribution in [0.2, 0.25) is 0 Å². The van der Waals surface area contributed by atoms with Gasteiger partial charge in [0.15, 0.2) is 0 Å². The Bertz CT molecular complexity index is 1080. The van der Waals surface area contributed by atoms with Crippen molar-refractivity contribution < 1.29 is 29.6 Å². The number of ether oxygens (including phenoxy) is 1. The summed E-state index contributed by atoms with van der Waals surface area (Å²) in [6.45, 7) is 12.2. The van der Waals surface area contributed by atoms with Crippen LogP contribution in [0.1, 0.15) is 59.6 Å². The number of carbonyl (C=O) groups is 2. The third kappa shape index (κ3) is 11.4. The number of aliphatic hydroxyl groups excluding tert-OH is 2. The van der Waals surface area contributed by atoms with Gasteiger partial charge in [0.1, 0.15) is 11.2 Å². The molecule has 0 radical (unpaired) electrons. The lowest BCUT2D eigenvalue weighted by atomic mass is 9.77. The molecule has 5 atom stereocenters. The highest BCUT2D eigenvalue weighted by molar-refractivity contribution is 5.85. The monoisotopic (exact) mass is 571 g/mol. The van der Waals surface area contributed by atoms with Crippen LogP contribution in [0, 0.1) is 5.41 Å². The molecule has 6 N–H and O–H groups in total. The second kappa shape index (κ2) is 14.8. The van der Waals surface area contributed by atoms with Crippen LogP contribution in [0.3, 0.4) is 0 Å². The van der Waals surface area contributed by atoms with Gasteiger partial charge in [-0.25, -0.2) is 4.79 Å². The Hall–Kier alpha value is -2.98. The summed E-state index contributed by atoms with van der Waals surface area (Å²) < 4.78 is 5.39. The van der Waals surface area contributed by atoms with Crippen LogP contribution in [0.15, 0.2) is 60.7 Å². The minimum Gasteiger partial charge on any atom is -0.444 e. The third-order valence-electron chi connectivity index (χ3n) is 7.15. The summed E-state index contributed by atoms with van der Waals surface area (Å²) in [5, 5.41) is 41.7. The Morgan fingerprint density at radius 2 is 1.15 bits per heavy atom. The number of benzene rings is 2. The first kappa shape index (κ1) is 34.2. The minimum atomic E-state index is -1.66. The number of aliphatic hydroxyl groups is 3. The molecule has 0 fully saturated rings. The van der Waals surface area contributed by atoms with Crippen molar-refractivity contribution in [3.8, 4) is 0 Å². The maximum Gasteiger partial charge on any atom is 0.407 e. The molecule has 0 heterocycles. The van der Waals surface area contributed by atoms with Crippen LogP contribution < -0.4 is 16.0 Å². The quantitative estimate of drug-likeness (QED) is 0.217. The zero-order chi connectivity index (χ0) is 30.8. The predicted molar refractivity (Wildman–Crippen MR) is 160 cm³/mol. The van der Waals surface area contributed by atoms with E-state index in [1.54, 1.807) is 41.5 Å². The molecule has 9 heteroatoms. The van der Waals surface area contributed by atoms with Gasteiger partial charge in [-0.3, -0.25) is 4.79 Å². The lowest BCUT2D eigenvalue weighted by Gasteiger charge is -2.37. The van der Waals surface area contributed by atoms with Gasteiger partial charge in [0, 0.05) is 13.1 Å². The summed E-state index contributed by atoms with van der Waals surface area (Å²) in [5.74, 6) is -0.575. The maximum absolute atomic E-state index is 13.1. The SMILES string of the molecule is CC(C)(C)OC(=O)NC(Cc1ccccc1)C(O)CNCC(O)C(Cc1ccccc1)NC(=O)C(C)(O)C(C)(C)C. The normalized spacial score (nSPS) is 16.5. The average molecular weight is 572 g/mol. The van der Waals surface area contributed by atoms with Crippen LogP contribution in [0.4, 0.5) is 4.79 Å². The van der Waals surface area contributed by atoms with Crippen molar-refractivity contribution in [1.29, 1.82) is 0 Å². The smallest absolute Gasteiger partial charge is 0.407 e. The van der Waals surface area contributed by atoms with Crippen molar-refractivity contribution in [1.82, 2.24) is 16.0 Å². The Labute approximate surface area is 244 Å². The molecule has 0 aliphatic rings. The van der Waals surface area contributed by atoms with E-state index in [1.807, 2.05) is 60.7 Å². The highest BCUT2D eigenvalue weighted by Crippen LogP contribution is 2.30.